The Hall–Kier alpha value is -0.810. The lowest BCUT2D eigenvalue weighted by Crippen LogP contribution is -2.29. The van der Waals surface area contributed by atoms with Crippen molar-refractivity contribution >= 4 is 6.09 Å². The van der Waals surface area contributed by atoms with Gasteiger partial charge in [0.2, 0.25) is 0 Å². The number of hydrogen-bond donors (Lipinski definition) is 1. The highest BCUT2D eigenvalue weighted by Gasteiger charge is 2.29. The van der Waals surface area contributed by atoms with Crippen molar-refractivity contribution in [1.29, 1.82) is 0 Å². The quantitative estimate of drug-likeness (QED) is 0.622. The molecule has 0 unspecified atom stereocenters. The third kappa shape index (κ3) is 2.09. The van der Waals surface area contributed by atoms with Crippen molar-refractivity contribution in [3.05, 3.63) is 0 Å². The van der Waals surface area contributed by atoms with Crippen LogP contribution in [-0.2, 0) is 9.47 Å². The van der Waals surface area contributed by atoms with Crippen LogP contribution in [-0.4, -0.2) is 55.6 Å². The lowest BCUT2D eigenvalue weighted by Gasteiger charge is -2.10. The summed E-state index contributed by atoms with van der Waals surface area (Å²) in [4.78, 5) is 12.5. The van der Waals surface area contributed by atoms with Crippen LogP contribution in [0.4, 0.5) is 4.79 Å². The Morgan fingerprint density at radius 1 is 1.83 bits per heavy atom. The molecule has 0 aliphatic carbocycles. The molecule has 5 heteroatoms. The molecule has 0 aromatic heterocycles. The summed E-state index contributed by atoms with van der Waals surface area (Å²) in [7, 11) is 1.57. The minimum Gasteiger partial charge on any atom is -0.442 e. The van der Waals surface area contributed by atoms with E-state index in [0.29, 0.717) is 19.7 Å². The number of nitrogens with zero attached hydrogens (tertiary/aromatic N) is 1. The molecule has 70 valence electrons. The summed E-state index contributed by atoms with van der Waals surface area (Å²) in [5.41, 5.74) is 0. The van der Waals surface area contributed by atoms with Gasteiger partial charge in [-0.25, -0.2) is 4.79 Å². The molecule has 1 saturated heterocycles. The van der Waals surface area contributed by atoms with Gasteiger partial charge in [0.15, 0.2) is 0 Å². The van der Waals surface area contributed by atoms with Gasteiger partial charge in [0.05, 0.1) is 19.8 Å². The molecule has 1 N–H and O–H groups in total. The first-order valence-corrected chi connectivity index (χ1v) is 3.83. The number of carbonyl (C=O) groups excluding carboxylic acids is 1. The second kappa shape index (κ2) is 4.27. The van der Waals surface area contributed by atoms with Crippen LogP contribution in [0.25, 0.3) is 0 Å². The maximum absolute atomic E-state index is 11.0. The van der Waals surface area contributed by atoms with Gasteiger partial charge in [0.1, 0.15) is 6.10 Å². The zero-order valence-electron chi connectivity index (χ0n) is 7.02. The molecule has 0 spiro atoms. The van der Waals surface area contributed by atoms with Gasteiger partial charge in [0, 0.05) is 13.7 Å². The first kappa shape index (κ1) is 9.28. The molecule has 0 radical (unpaired) electrons. The smallest absolute Gasteiger partial charge is 0.410 e. The predicted molar refractivity (Wildman–Crippen MR) is 40.8 cm³/mol. The van der Waals surface area contributed by atoms with Crippen molar-refractivity contribution in [2.24, 2.45) is 0 Å². The van der Waals surface area contributed by atoms with Gasteiger partial charge in [-0.1, -0.05) is 0 Å². The fourth-order valence-corrected chi connectivity index (χ4v) is 1.05. The average Bonchev–Trinajstić information content (AvgIpc) is 2.43. The van der Waals surface area contributed by atoms with Gasteiger partial charge in [0.25, 0.3) is 0 Å². The number of amides is 1. The van der Waals surface area contributed by atoms with Crippen LogP contribution < -0.4 is 0 Å². The molecule has 0 aromatic rings. The summed E-state index contributed by atoms with van der Waals surface area (Å²) in [5.74, 6) is 0. The van der Waals surface area contributed by atoms with Crippen LogP contribution >= 0.6 is 0 Å². The van der Waals surface area contributed by atoms with Crippen LogP contribution in [0, 0.1) is 0 Å². The molecule has 1 heterocycles. The fourth-order valence-electron chi connectivity index (χ4n) is 1.05. The molecule has 1 aliphatic heterocycles. The van der Waals surface area contributed by atoms with Crippen molar-refractivity contribution < 1.29 is 19.4 Å². The Morgan fingerprint density at radius 3 is 3.08 bits per heavy atom. The largest absolute Gasteiger partial charge is 0.442 e. The summed E-state index contributed by atoms with van der Waals surface area (Å²) in [5, 5.41) is 8.69. The average molecular weight is 175 g/mol. The number of hydrogen-bond acceptors (Lipinski definition) is 4. The molecular weight excluding hydrogens is 162 g/mol. The van der Waals surface area contributed by atoms with E-state index in [1.807, 2.05) is 0 Å². The van der Waals surface area contributed by atoms with Crippen molar-refractivity contribution in [3.8, 4) is 0 Å². The second-order valence-corrected chi connectivity index (χ2v) is 2.63. The van der Waals surface area contributed by atoms with E-state index in [1.165, 1.54) is 4.90 Å². The van der Waals surface area contributed by atoms with E-state index >= 15 is 0 Å². The van der Waals surface area contributed by atoms with E-state index in [4.69, 9.17) is 14.6 Å². The molecule has 0 bridgehead atoms. The normalized spacial score (nSPS) is 23.0. The summed E-state index contributed by atoms with van der Waals surface area (Å²) in [6.45, 7) is 1.35. The van der Waals surface area contributed by atoms with Crippen molar-refractivity contribution in [1.82, 2.24) is 4.90 Å². The number of aliphatic hydroxyl groups is 1. The molecule has 1 fully saturated rings. The molecule has 5 nitrogen and oxygen atoms in total. The topological polar surface area (TPSA) is 59.0 Å². The maximum atomic E-state index is 11.0. The van der Waals surface area contributed by atoms with Crippen LogP contribution in [0.15, 0.2) is 0 Å². The standard InChI is InChI=1S/C7H13NO4/c1-11-3-2-8-4-6(5-9)12-7(8)10/h6,9H,2-5H2,1H3/t6-/m1/s1. The zero-order valence-corrected chi connectivity index (χ0v) is 7.02. The number of aliphatic hydroxyl groups excluding tert-OH is 1. The van der Waals surface area contributed by atoms with Crippen molar-refractivity contribution in [2.45, 2.75) is 6.10 Å². The second-order valence-electron chi connectivity index (χ2n) is 2.63. The lowest BCUT2D eigenvalue weighted by atomic mass is 10.4. The number of methoxy groups -OCH3 is 1. The van der Waals surface area contributed by atoms with Gasteiger partial charge >= 0.3 is 6.09 Å². The van der Waals surface area contributed by atoms with Gasteiger partial charge < -0.3 is 19.5 Å². The van der Waals surface area contributed by atoms with Crippen LogP contribution in [0.5, 0.6) is 0 Å². The van der Waals surface area contributed by atoms with E-state index in [9.17, 15) is 4.79 Å². The lowest BCUT2D eigenvalue weighted by molar-refractivity contribution is 0.0940. The third-order valence-corrected chi connectivity index (χ3v) is 1.72. The minimum absolute atomic E-state index is 0.116. The summed E-state index contributed by atoms with van der Waals surface area (Å²) >= 11 is 0. The van der Waals surface area contributed by atoms with Crippen molar-refractivity contribution in [2.75, 3.05) is 33.4 Å². The van der Waals surface area contributed by atoms with Gasteiger partial charge in [-0.2, -0.15) is 0 Å². The Morgan fingerprint density at radius 2 is 2.58 bits per heavy atom. The molecular formula is C7H13NO4. The van der Waals surface area contributed by atoms with Gasteiger partial charge in [-0.15, -0.1) is 0 Å². The van der Waals surface area contributed by atoms with Crippen molar-refractivity contribution in [3.63, 3.8) is 0 Å². The van der Waals surface area contributed by atoms with Crippen LogP contribution in [0.2, 0.25) is 0 Å². The minimum atomic E-state index is -0.369. The molecule has 1 aliphatic rings. The zero-order chi connectivity index (χ0) is 8.97. The number of rotatable bonds is 4. The molecule has 1 atom stereocenters. The number of ether oxygens (including phenoxy) is 2. The van der Waals surface area contributed by atoms with E-state index in [1.54, 1.807) is 7.11 Å². The monoisotopic (exact) mass is 175 g/mol. The summed E-state index contributed by atoms with van der Waals surface area (Å²) in [6.07, 6.45) is -0.736. The molecule has 0 aromatic carbocycles. The Balaban J connectivity index is 2.31. The Kier molecular flexibility index (Phi) is 3.31. The Bertz CT molecular complexity index is 161. The fraction of sp³-hybridized carbons (Fsp3) is 0.857. The summed E-state index contributed by atoms with van der Waals surface area (Å²) < 4.78 is 9.61. The first-order valence-electron chi connectivity index (χ1n) is 3.83. The highest BCUT2D eigenvalue weighted by Crippen LogP contribution is 2.09. The predicted octanol–water partition coefficient (Wildman–Crippen LogP) is -0.554. The third-order valence-electron chi connectivity index (χ3n) is 1.72. The van der Waals surface area contributed by atoms with E-state index < -0.39 is 0 Å². The van der Waals surface area contributed by atoms with Crippen LogP contribution in [0.1, 0.15) is 0 Å². The van der Waals surface area contributed by atoms with E-state index in [-0.39, 0.29) is 18.8 Å². The first-order chi connectivity index (χ1) is 5.77. The highest BCUT2D eigenvalue weighted by molar-refractivity contribution is 5.69. The van der Waals surface area contributed by atoms with Gasteiger partial charge in [-0.3, -0.25) is 0 Å². The SMILES string of the molecule is COCCN1C[C@H](CO)OC1=O. The van der Waals surface area contributed by atoms with Gasteiger partial charge in [-0.05, 0) is 0 Å². The van der Waals surface area contributed by atoms with E-state index in [2.05, 4.69) is 0 Å². The number of carbonyl (C=O) groups is 1. The Labute approximate surface area is 70.9 Å². The molecule has 12 heavy (non-hydrogen) atoms. The molecule has 1 rings (SSSR count). The summed E-state index contributed by atoms with van der Waals surface area (Å²) in [6, 6.07) is 0. The maximum Gasteiger partial charge on any atom is 0.410 e. The molecule has 0 saturated carbocycles. The molecule has 1 amide bonds. The number of cyclic esters (lactones) is 1. The highest BCUT2D eigenvalue weighted by atomic mass is 16.6. The van der Waals surface area contributed by atoms with E-state index in [0.717, 1.165) is 0 Å². The van der Waals surface area contributed by atoms with Crippen LogP contribution in [0.3, 0.4) is 0 Å².